The molecule has 0 aromatic carbocycles. The van der Waals surface area contributed by atoms with Crippen LogP contribution in [-0.4, -0.2) is 80.2 Å². The first kappa shape index (κ1) is 23.6. The molecule has 2 N–H and O–H groups in total. The number of rotatable bonds is 6. The summed E-state index contributed by atoms with van der Waals surface area (Å²) in [4.78, 5) is 4.24. The standard InChI is InChI=1S/C15H30N4O2S3.HI/c1-16-15(18-13-4-3-5-14(12-13)22-2)17-6-11-24(20,21)19-7-9-23-10-8-19;/h13-14H,3-12H2,1-2H3,(H2,16,17,18);1H. The van der Waals surface area contributed by atoms with Crippen LogP contribution in [0.1, 0.15) is 25.7 Å². The summed E-state index contributed by atoms with van der Waals surface area (Å²) in [6.07, 6.45) is 7.00. The molecule has 2 atom stereocenters. The zero-order valence-corrected chi connectivity index (χ0v) is 19.8. The van der Waals surface area contributed by atoms with Crippen LogP contribution in [0, 0.1) is 0 Å². The zero-order valence-electron chi connectivity index (χ0n) is 15.1. The third-order valence-corrected chi connectivity index (χ3v) is 8.45. The third-order valence-electron chi connectivity index (χ3n) is 4.54. The molecule has 10 heteroatoms. The van der Waals surface area contributed by atoms with Gasteiger partial charge in [-0.25, -0.2) is 12.7 Å². The molecule has 1 saturated heterocycles. The van der Waals surface area contributed by atoms with E-state index in [1.807, 2.05) is 23.5 Å². The SMILES string of the molecule is CN=C(NCCS(=O)(=O)N1CCSCC1)NC1CCCC(SC)C1.I. The fourth-order valence-corrected chi connectivity index (χ4v) is 6.45. The molecule has 1 aliphatic carbocycles. The van der Waals surface area contributed by atoms with E-state index in [1.165, 1.54) is 12.8 Å². The number of halogens is 1. The minimum atomic E-state index is -3.16. The Balaban J connectivity index is 0.00000312. The van der Waals surface area contributed by atoms with E-state index in [9.17, 15) is 8.42 Å². The lowest BCUT2D eigenvalue weighted by molar-refractivity contribution is 0.419. The highest BCUT2D eigenvalue weighted by atomic mass is 127. The fourth-order valence-electron chi connectivity index (χ4n) is 3.13. The van der Waals surface area contributed by atoms with Gasteiger partial charge in [-0.15, -0.1) is 24.0 Å². The predicted molar refractivity (Wildman–Crippen MR) is 122 cm³/mol. The Morgan fingerprint density at radius 2 is 2.04 bits per heavy atom. The smallest absolute Gasteiger partial charge is 0.215 e. The maximum Gasteiger partial charge on any atom is 0.215 e. The van der Waals surface area contributed by atoms with Gasteiger partial charge in [-0.3, -0.25) is 4.99 Å². The molecule has 0 aromatic rings. The monoisotopic (exact) mass is 522 g/mol. The predicted octanol–water partition coefficient (Wildman–Crippen LogP) is 1.82. The van der Waals surface area contributed by atoms with Gasteiger partial charge in [-0.1, -0.05) is 6.42 Å². The largest absolute Gasteiger partial charge is 0.355 e. The van der Waals surface area contributed by atoms with E-state index in [2.05, 4.69) is 21.9 Å². The Hall–Kier alpha value is 0.610. The fraction of sp³-hybridized carbons (Fsp3) is 0.933. The van der Waals surface area contributed by atoms with Crippen molar-refractivity contribution in [2.24, 2.45) is 4.99 Å². The molecule has 2 fully saturated rings. The molecule has 6 nitrogen and oxygen atoms in total. The second-order valence-corrected chi connectivity index (χ2v) is 10.6. The molecule has 1 heterocycles. The van der Waals surface area contributed by atoms with Crippen LogP contribution in [0.4, 0.5) is 0 Å². The lowest BCUT2D eigenvalue weighted by atomic mass is 9.95. The van der Waals surface area contributed by atoms with Gasteiger partial charge in [0.2, 0.25) is 10.0 Å². The number of nitrogens with one attached hydrogen (secondary N) is 2. The molecule has 2 rings (SSSR count). The molecular weight excluding hydrogens is 491 g/mol. The first-order valence-electron chi connectivity index (χ1n) is 8.60. The maximum atomic E-state index is 12.3. The number of thioether (sulfide) groups is 2. The summed E-state index contributed by atoms with van der Waals surface area (Å²) in [6, 6.07) is 0.429. The summed E-state index contributed by atoms with van der Waals surface area (Å²) >= 11 is 3.75. The minimum absolute atomic E-state index is 0. The first-order chi connectivity index (χ1) is 11.5. The van der Waals surface area contributed by atoms with E-state index in [0.717, 1.165) is 24.3 Å². The molecule has 0 spiro atoms. The number of guanidine groups is 1. The van der Waals surface area contributed by atoms with E-state index in [1.54, 1.807) is 11.4 Å². The summed E-state index contributed by atoms with van der Waals surface area (Å²) in [5, 5.41) is 7.33. The highest BCUT2D eigenvalue weighted by molar-refractivity contribution is 14.0. The van der Waals surface area contributed by atoms with Gasteiger partial charge in [0.1, 0.15) is 0 Å². The van der Waals surface area contributed by atoms with Crippen molar-refractivity contribution in [3.05, 3.63) is 0 Å². The van der Waals surface area contributed by atoms with Crippen LogP contribution >= 0.6 is 47.5 Å². The van der Waals surface area contributed by atoms with Gasteiger partial charge >= 0.3 is 0 Å². The summed E-state index contributed by atoms with van der Waals surface area (Å²) < 4.78 is 26.3. The van der Waals surface area contributed by atoms with Crippen molar-refractivity contribution in [3.8, 4) is 0 Å². The van der Waals surface area contributed by atoms with Crippen LogP contribution in [0.3, 0.4) is 0 Å². The van der Waals surface area contributed by atoms with Gasteiger partial charge in [-0.05, 0) is 25.5 Å². The topological polar surface area (TPSA) is 73.8 Å². The molecule has 1 aliphatic heterocycles. The average molecular weight is 523 g/mol. The molecule has 148 valence electrons. The molecule has 2 unspecified atom stereocenters. The van der Waals surface area contributed by atoms with Gasteiger partial charge in [-0.2, -0.15) is 23.5 Å². The Labute approximate surface area is 178 Å². The van der Waals surface area contributed by atoms with Gasteiger partial charge in [0.25, 0.3) is 0 Å². The summed E-state index contributed by atoms with van der Waals surface area (Å²) in [7, 11) is -1.42. The van der Waals surface area contributed by atoms with E-state index in [0.29, 0.717) is 36.9 Å². The highest BCUT2D eigenvalue weighted by Crippen LogP contribution is 2.26. The van der Waals surface area contributed by atoms with E-state index >= 15 is 0 Å². The average Bonchev–Trinajstić information content (AvgIpc) is 2.61. The number of sulfonamides is 1. The molecule has 25 heavy (non-hydrogen) atoms. The molecule has 1 saturated carbocycles. The number of aliphatic imine (C=N–C) groups is 1. The van der Waals surface area contributed by atoms with Crippen LogP contribution in [0.2, 0.25) is 0 Å². The quantitative estimate of drug-likeness (QED) is 0.315. The molecule has 0 aromatic heterocycles. The van der Waals surface area contributed by atoms with Crippen molar-refractivity contribution in [2.75, 3.05) is 50.2 Å². The Morgan fingerprint density at radius 3 is 2.68 bits per heavy atom. The number of nitrogens with zero attached hydrogens (tertiary/aromatic N) is 2. The van der Waals surface area contributed by atoms with Crippen molar-refractivity contribution >= 4 is 63.5 Å². The van der Waals surface area contributed by atoms with Crippen LogP contribution in [0.15, 0.2) is 4.99 Å². The Morgan fingerprint density at radius 1 is 1.32 bits per heavy atom. The van der Waals surface area contributed by atoms with Crippen LogP contribution in [0.5, 0.6) is 0 Å². The van der Waals surface area contributed by atoms with Gasteiger partial charge in [0, 0.05) is 49.5 Å². The molecule has 0 radical (unpaired) electrons. The lowest BCUT2D eigenvalue weighted by Crippen LogP contribution is -2.48. The van der Waals surface area contributed by atoms with Crippen molar-refractivity contribution in [3.63, 3.8) is 0 Å². The zero-order chi connectivity index (χ0) is 17.4. The Kier molecular flexibility index (Phi) is 11.5. The van der Waals surface area contributed by atoms with Crippen LogP contribution in [-0.2, 0) is 10.0 Å². The van der Waals surface area contributed by atoms with Crippen LogP contribution in [0.25, 0.3) is 0 Å². The summed E-state index contributed by atoms with van der Waals surface area (Å²) in [5.41, 5.74) is 0. The molecule has 0 amide bonds. The second-order valence-electron chi connectivity index (χ2n) is 6.19. The van der Waals surface area contributed by atoms with E-state index in [-0.39, 0.29) is 29.7 Å². The van der Waals surface area contributed by atoms with Crippen molar-refractivity contribution in [2.45, 2.75) is 37.0 Å². The van der Waals surface area contributed by atoms with Gasteiger partial charge < -0.3 is 10.6 Å². The molecular formula is C15H31IN4O2S3. The maximum absolute atomic E-state index is 12.3. The van der Waals surface area contributed by atoms with Crippen molar-refractivity contribution < 1.29 is 8.42 Å². The molecule has 0 bridgehead atoms. The van der Waals surface area contributed by atoms with Crippen molar-refractivity contribution in [1.82, 2.24) is 14.9 Å². The van der Waals surface area contributed by atoms with Gasteiger partial charge in [0.05, 0.1) is 5.75 Å². The third kappa shape index (κ3) is 8.02. The minimum Gasteiger partial charge on any atom is -0.355 e. The lowest BCUT2D eigenvalue weighted by Gasteiger charge is -2.30. The summed E-state index contributed by atoms with van der Waals surface area (Å²) in [6.45, 7) is 1.67. The summed E-state index contributed by atoms with van der Waals surface area (Å²) in [5.74, 6) is 2.63. The van der Waals surface area contributed by atoms with Gasteiger partial charge in [0.15, 0.2) is 5.96 Å². The first-order valence-corrected chi connectivity index (χ1v) is 12.7. The molecule has 2 aliphatic rings. The van der Waals surface area contributed by atoms with E-state index in [4.69, 9.17) is 0 Å². The number of hydrogen-bond donors (Lipinski definition) is 2. The highest BCUT2D eigenvalue weighted by Gasteiger charge is 2.24. The second kappa shape index (κ2) is 12.1. The van der Waals surface area contributed by atoms with Crippen LogP contribution < -0.4 is 10.6 Å². The van der Waals surface area contributed by atoms with Crippen molar-refractivity contribution in [1.29, 1.82) is 0 Å². The normalized spacial score (nSPS) is 25.9. The van der Waals surface area contributed by atoms with E-state index < -0.39 is 10.0 Å². The Bertz CT molecular complexity index is 513. The number of hydrogen-bond acceptors (Lipinski definition) is 5.